The van der Waals surface area contributed by atoms with Crippen LogP contribution in [0.15, 0.2) is 35.1 Å². The summed E-state index contributed by atoms with van der Waals surface area (Å²) >= 11 is 1.69. The van der Waals surface area contributed by atoms with Gasteiger partial charge in [0.1, 0.15) is 4.83 Å². The number of nitrogens with zero attached hydrogens (tertiary/aromatic N) is 4. The fourth-order valence-electron chi connectivity index (χ4n) is 4.43. The van der Waals surface area contributed by atoms with E-state index in [0.29, 0.717) is 32.1 Å². The highest BCUT2D eigenvalue weighted by molar-refractivity contribution is 7.18. The number of rotatable bonds is 2. The zero-order valence-electron chi connectivity index (χ0n) is 16.6. The van der Waals surface area contributed by atoms with Gasteiger partial charge in [-0.05, 0) is 43.4 Å². The molecule has 0 N–H and O–H groups in total. The molecule has 6 nitrogen and oxygen atoms in total. The molecular weight excluding hydrogens is 384 g/mol. The lowest BCUT2D eigenvalue weighted by Gasteiger charge is -2.35. The molecule has 1 fully saturated rings. The summed E-state index contributed by atoms with van der Waals surface area (Å²) in [4.78, 5) is 36.9. The van der Waals surface area contributed by atoms with Gasteiger partial charge in [-0.2, -0.15) is 0 Å². The standard InChI is InChI=1S/C22H24N4O2S/c1-24-21(28)18-16-9-5-6-10-17(16)29-19(18)23-22(24)26-13-11-25(12-14-26)20(27)15-7-3-2-4-8-15/h2-4,7-8H,5-6,9-14H2,1H3. The van der Waals surface area contributed by atoms with Crippen molar-refractivity contribution in [2.45, 2.75) is 25.7 Å². The minimum absolute atomic E-state index is 0.0622. The van der Waals surface area contributed by atoms with Gasteiger partial charge in [0.2, 0.25) is 5.95 Å². The average Bonchev–Trinajstić information content (AvgIpc) is 3.15. The first-order chi connectivity index (χ1) is 14.1. The molecule has 2 aliphatic rings. The zero-order valence-corrected chi connectivity index (χ0v) is 17.4. The smallest absolute Gasteiger partial charge is 0.263 e. The summed E-state index contributed by atoms with van der Waals surface area (Å²) in [6.07, 6.45) is 4.41. The minimum Gasteiger partial charge on any atom is -0.339 e. The third kappa shape index (κ3) is 3.13. The van der Waals surface area contributed by atoms with Crippen LogP contribution in [0, 0.1) is 0 Å². The molecule has 150 valence electrons. The molecule has 0 unspecified atom stereocenters. The molecule has 0 bridgehead atoms. The van der Waals surface area contributed by atoms with E-state index >= 15 is 0 Å². The van der Waals surface area contributed by atoms with Crippen LogP contribution < -0.4 is 10.5 Å². The summed E-state index contributed by atoms with van der Waals surface area (Å²) in [6, 6.07) is 9.40. The van der Waals surface area contributed by atoms with Crippen molar-refractivity contribution in [2.75, 3.05) is 31.1 Å². The van der Waals surface area contributed by atoms with Crippen molar-refractivity contribution >= 4 is 33.4 Å². The molecule has 29 heavy (non-hydrogen) atoms. The lowest BCUT2D eigenvalue weighted by molar-refractivity contribution is 0.0746. The Morgan fingerprint density at radius 3 is 2.52 bits per heavy atom. The quantitative estimate of drug-likeness (QED) is 0.654. The Bertz CT molecular complexity index is 1130. The monoisotopic (exact) mass is 408 g/mol. The third-order valence-electron chi connectivity index (χ3n) is 6.04. The average molecular weight is 409 g/mol. The van der Waals surface area contributed by atoms with Gasteiger partial charge in [-0.3, -0.25) is 14.2 Å². The van der Waals surface area contributed by atoms with E-state index in [-0.39, 0.29) is 11.5 Å². The van der Waals surface area contributed by atoms with E-state index in [9.17, 15) is 9.59 Å². The molecule has 1 aliphatic carbocycles. The van der Waals surface area contributed by atoms with Gasteiger partial charge in [0.05, 0.1) is 5.39 Å². The highest BCUT2D eigenvalue weighted by atomic mass is 32.1. The fraction of sp³-hybridized carbons (Fsp3) is 0.409. The van der Waals surface area contributed by atoms with Gasteiger partial charge in [0.15, 0.2) is 0 Å². The number of fused-ring (bicyclic) bond motifs is 3. The van der Waals surface area contributed by atoms with E-state index < -0.39 is 0 Å². The second-order valence-electron chi connectivity index (χ2n) is 7.81. The number of aryl methyl sites for hydroxylation is 2. The van der Waals surface area contributed by atoms with Crippen molar-refractivity contribution in [3.8, 4) is 0 Å². The van der Waals surface area contributed by atoms with Crippen LogP contribution in [-0.4, -0.2) is 46.5 Å². The van der Waals surface area contributed by atoms with E-state index in [1.54, 1.807) is 15.9 Å². The molecule has 0 atom stereocenters. The summed E-state index contributed by atoms with van der Waals surface area (Å²) in [5, 5.41) is 0.828. The molecule has 0 spiro atoms. The van der Waals surface area contributed by atoms with Crippen molar-refractivity contribution < 1.29 is 4.79 Å². The normalized spacial score (nSPS) is 16.9. The topological polar surface area (TPSA) is 58.4 Å². The number of carbonyl (C=O) groups excluding carboxylic acids is 1. The van der Waals surface area contributed by atoms with Gasteiger partial charge in [0, 0.05) is 43.7 Å². The van der Waals surface area contributed by atoms with Crippen LogP contribution in [-0.2, 0) is 19.9 Å². The van der Waals surface area contributed by atoms with Crippen molar-refractivity contribution in [1.29, 1.82) is 0 Å². The first-order valence-corrected chi connectivity index (χ1v) is 11.1. The molecule has 0 saturated carbocycles. The van der Waals surface area contributed by atoms with Crippen LogP contribution in [0.4, 0.5) is 5.95 Å². The number of carbonyl (C=O) groups is 1. The van der Waals surface area contributed by atoms with Crippen LogP contribution in [0.3, 0.4) is 0 Å². The van der Waals surface area contributed by atoms with Crippen molar-refractivity contribution in [3.63, 3.8) is 0 Å². The maximum absolute atomic E-state index is 13.1. The predicted molar refractivity (Wildman–Crippen MR) is 116 cm³/mol. The first kappa shape index (κ1) is 18.4. The van der Waals surface area contributed by atoms with Crippen LogP contribution >= 0.6 is 11.3 Å². The molecule has 3 aromatic rings. The summed E-state index contributed by atoms with van der Waals surface area (Å²) in [7, 11) is 1.82. The summed E-state index contributed by atoms with van der Waals surface area (Å²) < 4.78 is 1.69. The van der Waals surface area contributed by atoms with E-state index in [4.69, 9.17) is 4.98 Å². The van der Waals surface area contributed by atoms with E-state index in [1.165, 1.54) is 16.9 Å². The van der Waals surface area contributed by atoms with Crippen molar-refractivity contribution in [2.24, 2.45) is 7.05 Å². The number of thiophene rings is 1. The Hall–Kier alpha value is -2.67. The zero-order chi connectivity index (χ0) is 20.0. The number of amides is 1. The SMILES string of the molecule is Cn1c(N2CCN(C(=O)c3ccccc3)CC2)nc2sc3c(c2c1=O)CCCC3. The van der Waals surface area contributed by atoms with Gasteiger partial charge >= 0.3 is 0 Å². The molecule has 1 aliphatic heterocycles. The fourth-order valence-corrected chi connectivity index (χ4v) is 5.68. The lowest BCUT2D eigenvalue weighted by Crippen LogP contribution is -2.50. The van der Waals surface area contributed by atoms with Gasteiger partial charge in [-0.15, -0.1) is 11.3 Å². The van der Waals surface area contributed by atoms with Crippen LogP contribution in [0.5, 0.6) is 0 Å². The van der Waals surface area contributed by atoms with Gasteiger partial charge in [-0.1, -0.05) is 18.2 Å². The predicted octanol–water partition coefficient (Wildman–Crippen LogP) is 2.84. The van der Waals surface area contributed by atoms with Gasteiger partial charge in [0.25, 0.3) is 11.5 Å². The number of anilines is 1. The summed E-state index contributed by atoms with van der Waals surface area (Å²) in [5.74, 6) is 0.779. The van der Waals surface area contributed by atoms with E-state index in [0.717, 1.165) is 35.0 Å². The molecule has 5 rings (SSSR count). The molecule has 1 aromatic carbocycles. The first-order valence-electron chi connectivity index (χ1n) is 10.2. The number of piperazine rings is 1. The van der Waals surface area contributed by atoms with Gasteiger partial charge in [-0.25, -0.2) is 4.98 Å². The number of benzene rings is 1. The van der Waals surface area contributed by atoms with Crippen LogP contribution in [0.1, 0.15) is 33.6 Å². The molecule has 1 amide bonds. The van der Waals surface area contributed by atoms with Gasteiger partial charge < -0.3 is 9.80 Å². The minimum atomic E-state index is 0.0622. The molecule has 0 radical (unpaired) electrons. The highest BCUT2D eigenvalue weighted by Crippen LogP contribution is 2.34. The Morgan fingerprint density at radius 2 is 1.76 bits per heavy atom. The van der Waals surface area contributed by atoms with Crippen LogP contribution in [0.25, 0.3) is 10.2 Å². The van der Waals surface area contributed by atoms with Crippen molar-refractivity contribution in [3.05, 3.63) is 56.7 Å². The highest BCUT2D eigenvalue weighted by Gasteiger charge is 2.26. The number of hydrogen-bond acceptors (Lipinski definition) is 5. The van der Waals surface area contributed by atoms with E-state index in [2.05, 4.69) is 4.90 Å². The maximum Gasteiger partial charge on any atom is 0.263 e. The molecule has 7 heteroatoms. The maximum atomic E-state index is 13.1. The Labute approximate surface area is 173 Å². The lowest BCUT2D eigenvalue weighted by atomic mass is 9.97. The van der Waals surface area contributed by atoms with Crippen molar-refractivity contribution in [1.82, 2.24) is 14.5 Å². The number of hydrogen-bond donors (Lipinski definition) is 0. The molecular formula is C22H24N4O2S. The second kappa shape index (κ2) is 7.30. The Kier molecular flexibility index (Phi) is 4.62. The Balaban J connectivity index is 1.40. The Morgan fingerprint density at radius 1 is 1.03 bits per heavy atom. The van der Waals surface area contributed by atoms with Crippen LogP contribution in [0.2, 0.25) is 0 Å². The van der Waals surface area contributed by atoms with E-state index in [1.807, 2.05) is 42.3 Å². The summed E-state index contributed by atoms with van der Waals surface area (Å²) in [5.41, 5.74) is 2.01. The molecule has 3 heterocycles. The second-order valence-corrected chi connectivity index (χ2v) is 8.90. The largest absolute Gasteiger partial charge is 0.339 e. The molecule has 1 saturated heterocycles. The number of aromatic nitrogens is 2. The third-order valence-corrected chi connectivity index (χ3v) is 7.23. The molecule has 2 aromatic heterocycles. The summed E-state index contributed by atoms with van der Waals surface area (Å²) in [6.45, 7) is 2.61.